The lowest BCUT2D eigenvalue weighted by molar-refractivity contribution is -0.123. The molecule has 2 N–H and O–H groups in total. The predicted molar refractivity (Wildman–Crippen MR) is 106 cm³/mol. The van der Waals surface area contributed by atoms with Gasteiger partial charge in [0.15, 0.2) is 0 Å². The topological polar surface area (TPSA) is 58.2 Å². The summed E-state index contributed by atoms with van der Waals surface area (Å²) in [5, 5.41) is 5.98. The van der Waals surface area contributed by atoms with Crippen LogP contribution in [-0.2, 0) is 4.79 Å². The predicted octanol–water partition coefficient (Wildman–Crippen LogP) is 4.94. The van der Waals surface area contributed by atoms with Crippen LogP contribution in [0.25, 0.3) is 0 Å². The summed E-state index contributed by atoms with van der Waals surface area (Å²) in [6.45, 7) is 7.67. The molecule has 2 amide bonds. The van der Waals surface area contributed by atoms with E-state index in [9.17, 15) is 9.59 Å². The Hall–Kier alpha value is -2.62. The molecule has 0 spiro atoms. The Balaban J connectivity index is 2.13. The molecule has 0 bridgehead atoms. The lowest BCUT2D eigenvalue weighted by Gasteiger charge is -2.20. The highest BCUT2D eigenvalue weighted by molar-refractivity contribution is 5.98. The van der Waals surface area contributed by atoms with E-state index in [0.29, 0.717) is 11.3 Å². The SMILES string of the molecule is CCCC(NC(=O)c1cccc(NC(=O)C(C)(C)C)c1)c1ccccc1. The summed E-state index contributed by atoms with van der Waals surface area (Å²) in [5.74, 6) is -0.220. The molecule has 0 saturated heterocycles. The Morgan fingerprint density at radius 2 is 1.69 bits per heavy atom. The molecular formula is C22H28N2O2. The van der Waals surface area contributed by atoms with Crippen molar-refractivity contribution in [1.82, 2.24) is 5.32 Å². The Labute approximate surface area is 156 Å². The van der Waals surface area contributed by atoms with Crippen LogP contribution < -0.4 is 10.6 Å². The molecule has 0 aliphatic rings. The number of benzene rings is 2. The first-order valence-electron chi connectivity index (χ1n) is 9.08. The maximum atomic E-state index is 12.7. The molecule has 0 aliphatic heterocycles. The molecule has 0 fully saturated rings. The minimum absolute atomic E-state index is 0.0264. The van der Waals surface area contributed by atoms with E-state index in [1.54, 1.807) is 24.3 Å². The Morgan fingerprint density at radius 3 is 2.31 bits per heavy atom. The third-order valence-electron chi connectivity index (χ3n) is 4.15. The Bertz CT molecular complexity index is 748. The fraction of sp³-hybridized carbons (Fsp3) is 0.364. The molecule has 0 heterocycles. The average molecular weight is 352 g/mol. The van der Waals surface area contributed by atoms with Crippen molar-refractivity contribution in [3.05, 3.63) is 65.7 Å². The van der Waals surface area contributed by atoms with Crippen molar-refractivity contribution in [2.45, 2.75) is 46.6 Å². The number of carbonyl (C=O) groups excluding carboxylic acids is 2. The monoisotopic (exact) mass is 352 g/mol. The van der Waals surface area contributed by atoms with Crippen LogP contribution in [0.15, 0.2) is 54.6 Å². The summed E-state index contributed by atoms with van der Waals surface area (Å²) in [6, 6.07) is 17.0. The Morgan fingerprint density at radius 1 is 1.00 bits per heavy atom. The normalized spacial score (nSPS) is 12.3. The summed E-state index contributed by atoms with van der Waals surface area (Å²) in [6.07, 6.45) is 1.84. The van der Waals surface area contributed by atoms with Crippen molar-refractivity contribution < 1.29 is 9.59 Å². The van der Waals surface area contributed by atoms with Crippen LogP contribution in [0.5, 0.6) is 0 Å². The summed E-state index contributed by atoms with van der Waals surface area (Å²) < 4.78 is 0. The molecule has 1 unspecified atom stereocenters. The van der Waals surface area contributed by atoms with Gasteiger partial charge in [-0.15, -0.1) is 0 Å². The number of anilines is 1. The first kappa shape index (κ1) is 19.7. The average Bonchev–Trinajstić information content (AvgIpc) is 2.61. The van der Waals surface area contributed by atoms with Gasteiger partial charge in [-0.3, -0.25) is 9.59 Å². The highest BCUT2D eigenvalue weighted by atomic mass is 16.2. The van der Waals surface area contributed by atoms with Gasteiger partial charge < -0.3 is 10.6 Å². The van der Waals surface area contributed by atoms with Crippen LogP contribution in [0.1, 0.15) is 62.5 Å². The second-order valence-electron chi connectivity index (χ2n) is 7.51. The fourth-order valence-electron chi connectivity index (χ4n) is 2.59. The molecule has 26 heavy (non-hydrogen) atoms. The van der Waals surface area contributed by atoms with Crippen molar-refractivity contribution in [3.63, 3.8) is 0 Å². The van der Waals surface area contributed by atoms with E-state index in [4.69, 9.17) is 0 Å². The zero-order valence-electron chi connectivity index (χ0n) is 16.0. The number of carbonyl (C=O) groups is 2. The molecule has 4 heteroatoms. The summed E-state index contributed by atoms with van der Waals surface area (Å²) in [4.78, 5) is 24.9. The highest BCUT2D eigenvalue weighted by Gasteiger charge is 2.21. The number of hydrogen-bond acceptors (Lipinski definition) is 2. The summed E-state index contributed by atoms with van der Waals surface area (Å²) in [7, 11) is 0. The van der Waals surface area contributed by atoms with Gasteiger partial charge in [0.05, 0.1) is 6.04 Å². The maximum Gasteiger partial charge on any atom is 0.251 e. The highest BCUT2D eigenvalue weighted by Crippen LogP contribution is 2.21. The van der Waals surface area contributed by atoms with Crippen molar-refractivity contribution in [2.75, 3.05) is 5.32 Å². The van der Waals surface area contributed by atoms with E-state index >= 15 is 0 Å². The molecule has 0 aromatic heterocycles. The van der Waals surface area contributed by atoms with E-state index < -0.39 is 5.41 Å². The number of hydrogen-bond donors (Lipinski definition) is 2. The first-order chi connectivity index (χ1) is 12.3. The molecule has 0 radical (unpaired) electrons. The second kappa shape index (κ2) is 8.65. The minimum atomic E-state index is -0.488. The quantitative estimate of drug-likeness (QED) is 0.773. The van der Waals surface area contributed by atoms with Gasteiger partial charge in [0, 0.05) is 16.7 Å². The van der Waals surface area contributed by atoms with E-state index in [2.05, 4.69) is 17.6 Å². The lowest BCUT2D eigenvalue weighted by Crippen LogP contribution is -2.29. The molecule has 0 saturated carbocycles. The number of rotatable bonds is 6. The number of amides is 2. The van der Waals surface area contributed by atoms with Crippen LogP contribution in [0, 0.1) is 5.41 Å². The van der Waals surface area contributed by atoms with Crippen LogP contribution in [0.4, 0.5) is 5.69 Å². The molecule has 2 aromatic rings. The summed E-state index contributed by atoms with van der Waals surface area (Å²) in [5.41, 5.74) is 1.77. The van der Waals surface area contributed by atoms with Gasteiger partial charge in [-0.05, 0) is 30.2 Å². The van der Waals surface area contributed by atoms with E-state index in [-0.39, 0.29) is 17.9 Å². The minimum Gasteiger partial charge on any atom is -0.345 e. The van der Waals surface area contributed by atoms with Gasteiger partial charge in [-0.25, -0.2) is 0 Å². The number of nitrogens with one attached hydrogen (secondary N) is 2. The van der Waals surface area contributed by atoms with Gasteiger partial charge in [0.2, 0.25) is 5.91 Å². The third-order valence-corrected chi connectivity index (χ3v) is 4.15. The molecular weight excluding hydrogens is 324 g/mol. The van der Waals surface area contributed by atoms with Crippen molar-refractivity contribution in [3.8, 4) is 0 Å². The standard InChI is InChI=1S/C22H28N2O2/c1-5-10-19(16-11-7-6-8-12-16)24-20(25)17-13-9-14-18(15-17)23-21(26)22(2,3)4/h6-9,11-15,19H,5,10H2,1-4H3,(H,23,26)(H,24,25). The van der Waals surface area contributed by atoms with Crippen LogP contribution >= 0.6 is 0 Å². The van der Waals surface area contributed by atoms with E-state index in [1.165, 1.54) is 0 Å². The lowest BCUT2D eigenvalue weighted by atomic mass is 9.95. The molecule has 0 aliphatic carbocycles. The van der Waals surface area contributed by atoms with Crippen molar-refractivity contribution in [2.24, 2.45) is 5.41 Å². The largest absolute Gasteiger partial charge is 0.345 e. The smallest absolute Gasteiger partial charge is 0.251 e. The van der Waals surface area contributed by atoms with Crippen LogP contribution in [0.3, 0.4) is 0 Å². The molecule has 2 aromatic carbocycles. The second-order valence-corrected chi connectivity index (χ2v) is 7.51. The fourth-order valence-corrected chi connectivity index (χ4v) is 2.59. The van der Waals surface area contributed by atoms with Crippen molar-refractivity contribution >= 4 is 17.5 Å². The molecule has 2 rings (SSSR count). The molecule has 138 valence electrons. The zero-order valence-corrected chi connectivity index (χ0v) is 16.0. The van der Waals surface area contributed by atoms with Crippen LogP contribution in [-0.4, -0.2) is 11.8 Å². The van der Waals surface area contributed by atoms with E-state index in [1.807, 2.05) is 51.1 Å². The molecule has 4 nitrogen and oxygen atoms in total. The van der Waals surface area contributed by atoms with Crippen molar-refractivity contribution in [1.29, 1.82) is 0 Å². The maximum absolute atomic E-state index is 12.7. The van der Waals surface area contributed by atoms with Crippen LogP contribution in [0.2, 0.25) is 0 Å². The van der Waals surface area contributed by atoms with Gasteiger partial charge in [-0.1, -0.05) is 70.5 Å². The van der Waals surface area contributed by atoms with Gasteiger partial charge in [-0.2, -0.15) is 0 Å². The zero-order chi connectivity index (χ0) is 19.2. The third kappa shape index (κ3) is 5.45. The van der Waals surface area contributed by atoms with Gasteiger partial charge >= 0.3 is 0 Å². The Kier molecular flexibility index (Phi) is 6.56. The summed E-state index contributed by atoms with van der Waals surface area (Å²) >= 11 is 0. The van der Waals surface area contributed by atoms with Gasteiger partial charge in [0.25, 0.3) is 5.91 Å². The first-order valence-corrected chi connectivity index (χ1v) is 9.08. The van der Waals surface area contributed by atoms with Gasteiger partial charge in [0.1, 0.15) is 0 Å². The van der Waals surface area contributed by atoms with E-state index in [0.717, 1.165) is 18.4 Å². The molecule has 1 atom stereocenters.